The fourth-order valence-electron chi connectivity index (χ4n) is 4.78. The molecule has 1 amide bonds. The van der Waals surface area contributed by atoms with Crippen molar-refractivity contribution in [3.05, 3.63) is 87.5 Å². The van der Waals surface area contributed by atoms with E-state index in [9.17, 15) is 19.5 Å². The molecule has 2 aromatic rings. The summed E-state index contributed by atoms with van der Waals surface area (Å²) in [4.78, 5) is 42.3. The van der Waals surface area contributed by atoms with Crippen LogP contribution in [0.2, 0.25) is 0 Å². The van der Waals surface area contributed by atoms with Gasteiger partial charge in [0.05, 0.1) is 12.5 Å². The minimum absolute atomic E-state index is 0.140. The van der Waals surface area contributed by atoms with Crippen molar-refractivity contribution in [2.75, 3.05) is 0 Å². The molecule has 1 aromatic carbocycles. The minimum atomic E-state index is -1.07. The molecule has 0 saturated heterocycles. The quantitative estimate of drug-likeness (QED) is 0.359. The van der Waals surface area contributed by atoms with E-state index in [4.69, 9.17) is 0 Å². The highest BCUT2D eigenvalue weighted by Crippen LogP contribution is 2.39. The predicted octanol–water partition coefficient (Wildman–Crippen LogP) is 5.58. The molecule has 0 spiro atoms. The van der Waals surface area contributed by atoms with Gasteiger partial charge in [-0.05, 0) is 91.3 Å². The Balaban J connectivity index is 1.80. The Bertz CT molecular complexity index is 1290. The Kier molecular flexibility index (Phi) is 9.61. The van der Waals surface area contributed by atoms with Crippen molar-refractivity contribution in [3.63, 3.8) is 0 Å². The Morgan fingerprint density at radius 2 is 1.87 bits per heavy atom. The van der Waals surface area contributed by atoms with Gasteiger partial charge in [-0.1, -0.05) is 38.6 Å². The summed E-state index contributed by atoms with van der Waals surface area (Å²) in [5.74, 6) is -0.910. The lowest BCUT2D eigenvalue weighted by Crippen LogP contribution is -2.44. The number of benzene rings is 1. The number of nitrogens with zero attached hydrogens (tertiary/aromatic N) is 2. The second-order valence-electron chi connectivity index (χ2n) is 10.7. The van der Waals surface area contributed by atoms with Gasteiger partial charge < -0.3 is 15.0 Å². The number of aromatic nitrogens is 1. The van der Waals surface area contributed by atoms with Crippen LogP contribution in [0, 0.1) is 19.8 Å². The Morgan fingerprint density at radius 3 is 2.42 bits per heavy atom. The van der Waals surface area contributed by atoms with Crippen LogP contribution < -0.4 is 10.9 Å². The normalized spacial score (nSPS) is 15.5. The van der Waals surface area contributed by atoms with Crippen molar-refractivity contribution < 1.29 is 14.7 Å². The Labute approximate surface area is 225 Å². The van der Waals surface area contributed by atoms with E-state index in [0.29, 0.717) is 17.9 Å². The number of aliphatic imine (C=N–C) groups is 1. The number of hydrogen-bond acceptors (Lipinski definition) is 4. The molecule has 2 N–H and O–H groups in total. The number of amides is 1. The lowest BCUT2D eigenvalue weighted by Gasteiger charge is -2.25. The zero-order chi connectivity index (χ0) is 28.0. The molecular formula is C31H39N3O4. The maximum absolute atomic E-state index is 13.4. The molecule has 38 heavy (non-hydrogen) atoms. The lowest BCUT2D eigenvalue weighted by molar-refractivity contribution is -0.137. The van der Waals surface area contributed by atoms with Crippen LogP contribution in [0.25, 0.3) is 5.57 Å². The number of allylic oxidation sites excluding steroid dienone is 1. The molecule has 1 heterocycles. The van der Waals surface area contributed by atoms with E-state index >= 15 is 0 Å². The number of carbonyl (C=O) groups is 2. The highest BCUT2D eigenvalue weighted by molar-refractivity contribution is 5.87. The average molecular weight is 518 g/mol. The van der Waals surface area contributed by atoms with Crippen LogP contribution in [-0.2, 0) is 9.59 Å². The van der Waals surface area contributed by atoms with Crippen LogP contribution in [0.1, 0.15) is 80.7 Å². The van der Waals surface area contributed by atoms with Gasteiger partial charge in [0.15, 0.2) is 0 Å². The van der Waals surface area contributed by atoms with Crippen LogP contribution in [0.4, 0.5) is 0 Å². The van der Waals surface area contributed by atoms with Gasteiger partial charge in [0, 0.05) is 24.7 Å². The van der Waals surface area contributed by atoms with E-state index < -0.39 is 24.0 Å². The molecule has 1 aliphatic carbocycles. The second kappa shape index (κ2) is 12.7. The van der Waals surface area contributed by atoms with Crippen molar-refractivity contribution in [3.8, 4) is 0 Å². The third-order valence-electron chi connectivity index (χ3n) is 6.88. The number of rotatable bonds is 12. The Morgan fingerprint density at radius 1 is 1.21 bits per heavy atom. The van der Waals surface area contributed by atoms with Crippen LogP contribution in [0.3, 0.4) is 0 Å². The van der Waals surface area contributed by atoms with Gasteiger partial charge in [-0.2, -0.15) is 0 Å². The van der Waals surface area contributed by atoms with Crippen molar-refractivity contribution in [2.24, 2.45) is 10.9 Å². The van der Waals surface area contributed by atoms with E-state index in [0.717, 1.165) is 40.7 Å². The highest BCUT2D eigenvalue weighted by Gasteiger charge is 2.28. The molecular weight excluding hydrogens is 478 g/mol. The fraction of sp³-hybridized carbons (Fsp3) is 0.419. The van der Waals surface area contributed by atoms with Crippen molar-refractivity contribution in [1.82, 2.24) is 9.88 Å². The number of aliphatic carboxylic acids is 1. The highest BCUT2D eigenvalue weighted by atomic mass is 16.4. The molecule has 202 valence electrons. The number of aryl methyl sites for hydroxylation is 2. The zero-order valence-electron chi connectivity index (χ0n) is 23.0. The first kappa shape index (κ1) is 28.8. The van der Waals surface area contributed by atoms with Crippen molar-refractivity contribution in [1.29, 1.82) is 0 Å². The van der Waals surface area contributed by atoms with Gasteiger partial charge in [0.25, 0.3) is 5.56 Å². The summed E-state index contributed by atoms with van der Waals surface area (Å²) in [6, 6.07) is 7.98. The summed E-state index contributed by atoms with van der Waals surface area (Å²) < 4.78 is 1.45. The van der Waals surface area contributed by atoms with E-state index in [1.807, 2.05) is 58.9 Å². The number of hydrogen-bond donors (Lipinski definition) is 2. The predicted molar refractivity (Wildman–Crippen MR) is 153 cm³/mol. The molecule has 0 aliphatic heterocycles. The monoisotopic (exact) mass is 517 g/mol. The first-order chi connectivity index (χ1) is 18.0. The maximum atomic E-state index is 13.4. The van der Waals surface area contributed by atoms with E-state index in [1.165, 1.54) is 10.8 Å². The smallest absolute Gasteiger partial charge is 0.305 e. The molecule has 0 bridgehead atoms. The van der Waals surface area contributed by atoms with Gasteiger partial charge >= 0.3 is 5.97 Å². The number of nitrogens with one attached hydrogen (secondary N) is 1. The molecule has 7 nitrogen and oxygen atoms in total. The maximum Gasteiger partial charge on any atom is 0.305 e. The summed E-state index contributed by atoms with van der Waals surface area (Å²) in [5, 5.41) is 12.3. The Hall–Kier alpha value is -3.74. The topological polar surface area (TPSA) is 101 Å². The third kappa shape index (κ3) is 7.63. The van der Waals surface area contributed by atoms with Crippen molar-refractivity contribution >= 4 is 23.7 Å². The largest absolute Gasteiger partial charge is 0.481 e. The van der Waals surface area contributed by atoms with E-state index in [1.54, 1.807) is 18.5 Å². The van der Waals surface area contributed by atoms with Crippen LogP contribution in [0.5, 0.6) is 0 Å². The van der Waals surface area contributed by atoms with Gasteiger partial charge in [-0.15, -0.1) is 0 Å². The number of carbonyl (C=O) groups excluding carboxylic acids is 1. The molecule has 7 heteroatoms. The zero-order valence-corrected chi connectivity index (χ0v) is 23.0. The fourth-order valence-corrected chi connectivity index (χ4v) is 4.78. The SMILES string of the molecule is C=C(C=N/C=C(\C)c1c(C)cccc1C)[C@@H](CC(=O)O)NC(=O)C(CC(C)C)n1ccc(C2CC2)cc1=O. The summed E-state index contributed by atoms with van der Waals surface area (Å²) in [7, 11) is 0. The molecule has 0 radical (unpaired) electrons. The van der Waals surface area contributed by atoms with E-state index in [-0.39, 0.29) is 17.9 Å². The average Bonchev–Trinajstić information content (AvgIpc) is 3.67. The number of carboxylic acids is 1. The molecule has 2 atom stereocenters. The van der Waals surface area contributed by atoms with Gasteiger partial charge in [-0.3, -0.25) is 19.4 Å². The number of pyridine rings is 1. The first-order valence-corrected chi connectivity index (χ1v) is 13.2. The standard InChI is InChI=1S/C31H39N3O4/c1-19(2)14-27(34-13-12-25(15-28(34)35)24-10-11-24)31(38)33-26(16-29(36)37)22(5)17-32-18-23(6)30-20(3)8-7-9-21(30)4/h7-9,12-13,15,17-19,24,26-27H,5,10-11,14,16H2,1-4,6H3,(H,33,38)(H,36,37)/b23-18+,32-17?/t26-,27?/m1/s1. The third-order valence-corrected chi connectivity index (χ3v) is 6.88. The van der Waals surface area contributed by atoms with Gasteiger partial charge in [0.2, 0.25) is 5.91 Å². The van der Waals surface area contributed by atoms with Gasteiger partial charge in [-0.25, -0.2) is 0 Å². The number of carboxylic acid groups (broad SMARTS) is 1. The van der Waals surface area contributed by atoms with Crippen LogP contribution in [-0.4, -0.2) is 33.8 Å². The summed E-state index contributed by atoms with van der Waals surface area (Å²) in [6.07, 6.45) is 7.14. The first-order valence-electron chi connectivity index (χ1n) is 13.2. The molecule has 1 aliphatic rings. The molecule has 1 unspecified atom stereocenters. The van der Waals surface area contributed by atoms with Crippen LogP contribution >= 0.6 is 0 Å². The lowest BCUT2D eigenvalue weighted by atomic mass is 9.97. The minimum Gasteiger partial charge on any atom is -0.481 e. The summed E-state index contributed by atoms with van der Waals surface area (Å²) >= 11 is 0. The van der Waals surface area contributed by atoms with E-state index in [2.05, 4.69) is 16.9 Å². The van der Waals surface area contributed by atoms with Gasteiger partial charge in [0.1, 0.15) is 6.04 Å². The van der Waals surface area contributed by atoms with Crippen LogP contribution in [0.15, 0.2) is 64.7 Å². The summed E-state index contributed by atoms with van der Waals surface area (Å²) in [6.45, 7) is 14.0. The molecule has 1 saturated carbocycles. The van der Waals surface area contributed by atoms with Crippen molar-refractivity contribution in [2.45, 2.75) is 78.3 Å². The second-order valence-corrected chi connectivity index (χ2v) is 10.7. The molecule has 3 rings (SSSR count). The summed E-state index contributed by atoms with van der Waals surface area (Å²) in [5.41, 5.74) is 5.51. The molecule has 1 fully saturated rings. The molecule has 1 aromatic heterocycles.